The largest absolute Gasteiger partial charge is 0.491 e. The van der Waals surface area contributed by atoms with E-state index in [9.17, 15) is 24.0 Å². The fourth-order valence-electron chi connectivity index (χ4n) is 7.94. The SMILES string of the molecule is Cc1ccc(C2=N[C@@H](CC(=O)Nc3ccc(OCCOCCOCCOCCNc4cccc5c4C(=O)N(C4CCC(=O)NC4=O)C5=O)cc3)c3nnc(C)n3-c3sc(C)c(C)c32)cc1. The normalized spacial score (nSPS) is 16.7. The van der Waals surface area contributed by atoms with E-state index in [1.165, 1.54) is 4.88 Å². The molecule has 0 bridgehead atoms. The van der Waals surface area contributed by atoms with Gasteiger partial charge in [-0.25, -0.2) is 0 Å². The summed E-state index contributed by atoms with van der Waals surface area (Å²) in [7, 11) is 0. The van der Waals surface area contributed by atoms with Gasteiger partial charge in [0.2, 0.25) is 17.7 Å². The molecule has 1 fully saturated rings. The van der Waals surface area contributed by atoms with Crippen molar-refractivity contribution in [3.63, 3.8) is 0 Å². The summed E-state index contributed by atoms with van der Waals surface area (Å²) in [4.78, 5) is 71.1. The minimum atomic E-state index is -1.02. The van der Waals surface area contributed by atoms with Crippen LogP contribution in [0.25, 0.3) is 5.00 Å². The molecule has 338 valence electrons. The van der Waals surface area contributed by atoms with Gasteiger partial charge >= 0.3 is 0 Å². The molecule has 65 heavy (non-hydrogen) atoms. The highest BCUT2D eigenvalue weighted by molar-refractivity contribution is 7.15. The van der Waals surface area contributed by atoms with Gasteiger partial charge in [0.15, 0.2) is 5.82 Å². The molecular weight excluding hydrogens is 853 g/mol. The third-order valence-electron chi connectivity index (χ3n) is 11.4. The molecule has 3 aliphatic heterocycles. The van der Waals surface area contributed by atoms with Crippen molar-refractivity contribution in [1.29, 1.82) is 0 Å². The number of rotatable bonds is 19. The zero-order valence-electron chi connectivity index (χ0n) is 36.6. The predicted molar refractivity (Wildman–Crippen MR) is 242 cm³/mol. The Kier molecular flexibility index (Phi) is 13.9. The molecule has 0 spiro atoms. The molecule has 0 radical (unpaired) electrons. The van der Waals surface area contributed by atoms with Crippen LogP contribution in [0.15, 0.2) is 71.7 Å². The fourth-order valence-corrected chi connectivity index (χ4v) is 9.15. The number of aliphatic imine (C=N–C) groups is 1. The monoisotopic (exact) mass is 902 g/mol. The Morgan fingerprint density at radius 1 is 0.815 bits per heavy atom. The number of carbonyl (C=O) groups is 5. The van der Waals surface area contributed by atoms with Gasteiger partial charge in [0, 0.05) is 40.3 Å². The quantitative estimate of drug-likeness (QED) is 0.0702. The van der Waals surface area contributed by atoms with E-state index in [0.717, 1.165) is 43.7 Å². The van der Waals surface area contributed by atoms with Crippen molar-refractivity contribution >= 4 is 58.0 Å². The van der Waals surface area contributed by atoms with Crippen LogP contribution < -0.4 is 20.7 Å². The number of benzene rings is 3. The van der Waals surface area contributed by atoms with Gasteiger partial charge in [0.25, 0.3) is 11.8 Å². The number of ether oxygens (including phenoxy) is 4. The number of imide groups is 2. The van der Waals surface area contributed by atoms with E-state index in [1.54, 1.807) is 53.8 Å². The molecule has 5 amide bonds. The Labute approximate surface area is 379 Å². The number of fused-ring (bicyclic) bond motifs is 4. The highest BCUT2D eigenvalue weighted by Crippen LogP contribution is 2.40. The average molecular weight is 903 g/mol. The maximum Gasteiger partial charge on any atom is 0.264 e. The lowest BCUT2D eigenvalue weighted by molar-refractivity contribution is -0.136. The van der Waals surface area contributed by atoms with Crippen LogP contribution in [0.3, 0.4) is 0 Å². The maximum atomic E-state index is 13.5. The van der Waals surface area contributed by atoms with E-state index in [4.69, 9.17) is 23.9 Å². The molecular formula is C47H50N8O9S. The molecule has 3 N–H and O–H groups in total. The number of nitrogens with one attached hydrogen (secondary N) is 3. The summed E-state index contributed by atoms with van der Waals surface area (Å²) in [5, 5.41) is 18.3. The van der Waals surface area contributed by atoms with Gasteiger partial charge in [0.1, 0.15) is 35.3 Å². The third kappa shape index (κ3) is 9.90. The first-order valence-corrected chi connectivity index (χ1v) is 22.3. The van der Waals surface area contributed by atoms with Crippen LogP contribution in [0, 0.1) is 27.7 Å². The molecule has 1 unspecified atom stereocenters. The lowest BCUT2D eigenvalue weighted by atomic mass is 9.99. The van der Waals surface area contributed by atoms with Crippen molar-refractivity contribution in [2.24, 2.45) is 4.99 Å². The molecule has 3 aromatic carbocycles. The van der Waals surface area contributed by atoms with Crippen LogP contribution in [0.5, 0.6) is 5.75 Å². The van der Waals surface area contributed by atoms with Gasteiger partial charge in [-0.3, -0.25) is 43.7 Å². The zero-order valence-corrected chi connectivity index (χ0v) is 37.4. The van der Waals surface area contributed by atoms with Gasteiger partial charge in [-0.05, 0) is 76.1 Å². The molecule has 0 aliphatic carbocycles. The number of aromatic nitrogens is 3. The van der Waals surface area contributed by atoms with Crippen molar-refractivity contribution < 1.29 is 42.9 Å². The van der Waals surface area contributed by atoms with E-state index >= 15 is 0 Å². The second kappa shape index (κ2) is 20.1. The molecule has 2 aromatic heterocycles. The van der Waals surface area contributed by atoms with Crippen molar-refractivity contribution in [1.82, 2.24) is 25.0 Å². The maximum absolute atomic E-state index is 13.5. The van der Waals surface area contributed by atoms with E-state index in [2.05, 4.69) is 71.2 Å². The molecule has 8 rings (SSSR count). The molecule has 3 aliphatic rings. The molecule has 18 heteroatoms. The summed E-state index contributed by atoms with van der Waals surface area (Å²) in [6.07, 6.45) is 0.226. The number of anilines is 2. The lowest BCUT2D eigenvalue weighted by Gasteiger charge is -2.27. The standard InChI is InChI=1S/C47H50N8O9S/c1-27-8-10-31(11-9-27)42-40-28(2)29(3)65-47(40)54-30(4)52-53-43(54)36(50-42)26-39(57)49-32-12-14-33(15-13-32)64-25-24-63-23-22-62-21-20-61-19-18-48-35-7-5-6-34-41(35)46(60)55(45(34)59)37-16-17-38(56)51-44(37)58/h5-15,36-37,48H,16-26H2,1-4H3,(H,49,57)(H,51,56,58)/t36-,37?/m0/s1. The van der Waals surface area contributed by atoms with Gasteiger partial charge in [-0.1, -0.05) is 35.9 Å². The van der Waals surface area contributed by atoms with Crippen LogP contribution in [0.2, 0.25) is 0 Å². The van der Waals surface area contributed by atoms with Crippen LogP contribution in [0.1, 0.15) is 84.8 Å². The molecule has 1 saturated heterocycles. The Morgan fingerprint density at radius 2 is 1.52 bits per heavy atom. The van der Waals surface area contributed by atoms with Crippen LogP contribution in [-0.4, -0.2) is 114 Å². The summed E-state index contributed by atoms with van der Waals surface area (Å²) in [5.41, 5.74) is 6.68. The van der Waals surface area contributed by atoms with Crippen LogP contribution >= 0.6 is 11.3 Å². The van der Waals surface area contributed by atoms with Crippen molar-refractivity contribution in [3.05, 3.63) is 117 Å². The number of carbonyl (C=O) groups excluding carboxylic acids is 5. The fraction of sp³-hybridized carbons (Fsp3) is 0.362. The molecule has 5 heterocycles. The van der Waals surface area contributed by atoms with Gasteiger partial charge < -0.3 is 29.6 Å². The number of hydrogen-bond acceptors (Lipinski definition) is 14. The van der Waals surface area contributed by atoms with Crippen molar-refractivity contribution in [3.8, 4) is 10.8 Å². The lowest BCUT2D eigenvalue weighted by Crippen LogP contribution is -2.54. The minimum Gasteiger partial charge on any atom is -0.491 e. The summed E-state index contributed by atoms with van der Waals surface area (Å²) >= 11 is 1.68. The van der Waals surface area contributed by atoms with Crippen molar-refractivity contribution in [2.45, 2.75) is 59.0 Å². The number of piperidine rings is 1. The minimum absolute atomic E-state index is 0.0564. The number of aryl methyl sites for hydroxylation is 3. The van der Waals surface area contributed by atoms with Gasteiger partial charge in [-0.2, -0.15) is 0 Å². The van der Waals surface area contributed by atoms with Gasteiger partial charge in [-0.15, -0.1) is 21.5 Å². The van der Waals surface area contributed by atoms with Crippen molar-refractivity contribution in [2.75, 3.05) is 63.4 Å². The topological polar surface area (TPSA) is 205 Å². The summed E-state index contributed by atoms with van der Waals surface area (Å²) in [5.74, 6) is -0.390. The van der Waals surface area contributed by atoms with E-state index in [-0.39, 0.29) is 36.3 Å². The molecule has 5 aromatic rings. The summed E-state index contributed by atoms with van der Waals surface area (Å²) in [6, 6.07) is 18.8. The van der Waals surface area contributed by atoms with Gasteiger partial charge in [0.05, 0.1) is 62.9 Å². The smallest absolute Gasteiger partial charge is 0.264 e. The van der Waals surface area contributed by atoms with E-state index < -0.39 is 35.7 Å². The highest BCUT2D eigenvalue weighted by atomic mass is 32.1. The number of thiophene rings is 1. The Morgan fingerprint density at radius 3 is 2.25 bits per heavy atom. The second-order valence-electron chi connectivity index (χ2n) is 15.8. The number of hydrogen-bond donors (Lipinski definition) is 3. The first-order valence-electron chi connectivity index (χ1n) is 21.5. The molecule has 17 nitrogen and oxygen atoms in total. The highest BCUT2D eigenvalue weighted by Gasteiger charge is 2.45. The summed E-state index contributed by atoms with van der Waals surface area (Å²) in [6.45, 7) is 11.0. The zero-order chi connectivity index (χ0) is 45.6. The Hall–Kier alpha value is -6.60. The average Bonchev–Trinajstić information content (AvgIpc) is 3.87. The van der Waals surface area contributed by atoms with E-state index in [0.29, 0.717) is 75.7 Å². The summed E-state index contributed by atoms with van der Waals surface area (Å²) < 4.78 is 24.8. The molecule has 2 atom stereocenters. The number of amides is 5. The third-order valence-corrected chi connectivity index (χ3v) is 12.5. The Balaban J connectivity index is 0.716. The predicted octanol–water partition coefficient (Wildman–Crippen LogP) is 5.43. The van der Waals surface area contributed by atoms with E-state index in [1.807, 2.05) is 11.5 Å². The first-order chi connectivity index (χ1) is 31.5. The Bertz CT molecular complexity index is 2640. The number of nitrogens with zero attached hydrogens (tertiary/aromatic N) is 5. The first kappa shape index (κ1) is 45.0. The van der Waals surface area contributed by atoms with Crippen LogP contribution in [0.4, 0.5) is 11.4 Å². The second-order valence-corrected chi connectivity index (χ2v) is 17.0. The molecule has 0 saturated carbocycles. The van der Waals surface area contributed by atoms with Crippen LogP contribution in [-0.2, 0) is 28.6 Å².